The van der Waals surface area contributed by atoms with Crippen LogP contribution in [0.3, 0.4) is 0 Å². The molecule has 0 saturated carbocycles. The van der Waals surface area contributed by atoms with Crippen LogP contribution in [0.15, 0.2) is 59.8 Å². The first-order valence-corrected chi connectivity index (χ1v) is 9.69. The van der Waals surface area contributed by atoms with Crippen LogP contribution < -0.4 is 15.4 Å². The van der Waals surface area contributed by atoms with Crippen molar-refractivity contribution in [2.75, 3.05) is 7.11 Å². The van der Waals surface area contributed by atoms with Gasteiger partial charge in [-0.05, 0) is 47.7 Å². The first kappa shape index (κ1) is 20.5. The van der Waals surface area contributed by atoms with Gasteiger partial charge in [-0.15, -0.1) is 0 Å². The van der Waals surface area contributed by atoms with Crippen molar-refractivity contribution in [2.45, 2.75) is 39.2 Å². The Bertz CT molecular complexity index is 915. The smallest absolute Gasteiger partial charge is 0.337 e. The quantitative estimate of drug-likeness (QED) is 0.691. The number of esters is 1. The molecule has 0 saturated heterocycles. The number of hydrogen-bond donors (Lipinski definition) is 2. The molecule has 2 amide bonds. The highest BCUT2D eigenvalue weighted by molar-refractivity contribution is 5.95. The van der Waals surface area contributed by atoms with E-state index < -0.39 is 12.0 Å². The molecule has 2 N–H and O–H groups in total. The Morgan fingerprint density at radius 1 is 1.03 bits per heavy atom. The minimum absolute atomic E-state index is 0.343. The second kappa shape index (κ2) is 8.82. The molecule has 2 aromatic carbocycles. The van der Waals surface area contributed by atoms with Gasteiger partial charge in [-0.3, -0.25) is 0 Å². The fourth-order valence-electron chi connectivity index (χ4n) is 3.28. The van der Waals surface area contributed by atoms with Crippen molar-refractivity contribution < 1.29 is 19.1 Å². The summed E-state index contributed by atoms with van der Waals surface area (Å²) in [6.45, 7) is 6.17. The van der Waals surface area contributed by atoms with Crippen molar-refractivity contribution in [1.29, 1.82) is 0 Å². The summed E-state index contributed by atoms with van der Waals surface area (Å²) in [7, 11) is 1.33. The molecular weight excluding hydrogens is 368 g/mol. The van der Waals surface area contributed by atoms with E-state index in [0.717, 1.165) is 11.3 Å². The lowest BCUT2D eigenvalue weighted by atomic mass is 9.94. The summed E-state index contributed by atoms with van der Waals surface area (Å²) in [5.41, 5.74) is 3.00. The zero-order valence-electron chi connectivity index (χ0n) is 17.1. The Labute approximate surface area is 170 Å². The maximum absolute atomic E-state index is 12.3. The molecular formula is C23H26N2O4. The molecule has 6 heteroatoms. The minimum atomic E-state index is -0.578. The maximum Gasteiger partial charge on any atom is 0.337 e. The lowest BCUT2D eigenvalue weighted by Gasteiger charge is -2.28. The van der Waals surface area contributed by atoms with Gasteiger partial charge in [0.15, 0.2) is 0 Å². The zero-order chi connectivity index (χ0) is 21.0. The maximum atomic E-state index is 12.3. The van der Waals surface area contributed by atoms with E-state index in [-0.39, 0.29) is 6.03 Å². The topological polar surface area (TPSA) is 76.7 Å². The number of rotatable bonds is 6. The van der Waals surface area contributed by atoms with E-state index in [1.807, 2.05) is 43.3 Å². The van der Waals surface area contributed by atoms with Gasteiger partial charge in [0, 0.05) is 5.70 Å². The molecule has 0 radical (unpaired) electrons. The number of methoxy groups -OCH3 is 1. The first-order chi connectivity index (χ1) is 13.9. The van der Waals surface area contributed by atoms with Gasteiger partial charge >= 0.3 is 12.0 Å². The van der Waals surface area contributed by atoms with Crippen molar-refractivity contribution in [3.63, 3.8) is 0 Å². The van der Waals surface area contributed by atoms with Gasteiger partial charge in [0.05, 0.1) is 18.7 Å². The van der Waals surface area contributed by atoms with Crippen LogP contribution in [-0.4, -0.2) is 19.1 Å². The van der Waals surface area contributed by atoms with Crippen LogP contribution in [0.25, 0.3) is 0 Å². The Balaban J connectivity index is 1.82. The average Bonchev–Trinajstić information content (AvgIpc) is 2.73. The van der Waals surface area contributed by atoms with Crippen LogP contribution in [0.4, 0.5) is 4.79 Å². The molecule has 0 fully saturated rings. The van der Waals surface area contributed by atoms with Crippen LogP contribution in [-0.2, 0) is 9.53 Å². The van der Waals surface area contributed by atoms with E-state index in [1.54, 1.807) is 0 Å². The highest BCUT2D eigenvalue weighted by Crippen LogP contribution is 2.31. The van der Waals surface area contributed by atoms with Crippen molar-refractivity contribution >= 4 is 12.0 Å². The summed E-state index contributed by atoms with van der Waals surface area (Å²) in [5.74, 6) is 1.42. The molecule has 1 unspecified atom stereocenters. The minimum Gasteiger partial charge on any atom is -0.466 e. The molecule has 1 atom stereocenters. The molecule has 0 aromatic heterocycles. The van der Waals surface area contributed by atoms with Gasteiger partial charge < -0.3 is 20.1 Å². The third kappa shape index (κ3) is 4.59. The van der Waals surface area contributed by atoms with Crippen LogP contribution >= 0.6 is 0 Å². The summed E-state index contributed by atoms with van der Waals surface area (Å²) in [6.07, 6.45) is 0.516. The molecule has 2 aromatic rings. The normalized spacial score (nSPS) is 16.3. The number of ether oxygens (including phenoxy) is 2. The molecule has 1 aliphatic rings. The van der Waals surface area contributed by atoms with Gasteiger partial charge in [0.2, 0.25) is 0 Å². The molecule has 6 nitrogen and oxygen atoms in total. The van der Waals surface area contributed by atoms with Gasteiger partial charge in [-0.2, -0.15) is 0 Å². The molecule has 29 heavy (non-hydrogen) atoms. The van der Waals surface area contributed by atoms with Crippen LogP contribution in [0, 0.1) is 0 Å². The lowest BCUT2D eigenvalue weighted by molar-refractivity contribution is -0.136. The fraction of sp³-hybridized carbons (Fsp3) is 0.304. The number of allylic oxidation sites excluding steroid dienone is 1. The number of benzene rings is 2. The predicted octanol–water partition coefficient (Wildman–Crippen LogP) is 4.79. The van der Waals surface area contributed by atoms with Crippen molar-refractivity contribution in [2.24, 2.45) is 0 Å². The predicted molar refractivity (Wildman–Crippen MR) is 111 cm³/mol. The summed E-state index contributed by atoms with van der Waals surface area (Å²) >= 11 is 0. The Kier molecular flexibility index (Phi) is 6.22. The van der Waals surface area contributed by atoms with Crippen molar-refractivity contribution in [1.82, 2.24) is 10.6 Å². The Morgan fingerprint density at radius 2 is 1.62 bits per heavy atom. The number of amides is 2. The second-order valence-electron chi connectivity index (χ2n) is 7.16. The fourth-order valence-corrected chi connectivity index (χ4v) is 3.28. The number of carbonyl (C=O) groups is 2. The monoisotopic (exact) mass is 394 g/mol. The van der Waals surface area contributed by atoms with Crippen molar-refractivity contribution in [3.8, 4) is 11.5 Å². The molecule has 0 spiro atoms. The number of carbonyl (C=O) groups excluding carboxylic acids is 2. The summed E-state index contributed by atoms with van der Waals surface area (Å²) in [4.78, 5) is 24.3. The van der Waals surface area contributed by atoms with E-state index in [9.17, 15) is 9.59 Å². The highest BCUT2D eigenvalue weighted by Gasteiger charge is 2.32. The Hall–Kier alpha value is -3.28. The first-order valence-electron chi connectivity index (χ1n) is 9.69. The SMILES string of the molecule is CCC1=C(C(=O)OC)C(c2ccc(Oc3ccc(C(C)C)cc3)cc2)NC(=O)N1. The number of hydrogen-bond acceptors (Lipinski definition) is 4. The molecule has 3 rings (SSSR count). The molecule has 0 bridgehead atoms. The summed E-state index contributed by atoms with van der Waals surface area (Å²) in [6, 6.07) is 14.4. The summed E-state index contributed by atoms with van der Waals surface area (Å²) in [5, 5.41) is 5.49. The molecule has 1 heterocycles. The second-order valence-corrected chi connectivity index (χ2v) is 7.16. The van der Waals surface area contributed by atoms with E-state index >= 15 is 0 Å². The average molecular weight is 394 g/mol. The van der Waals surface area contributed by atoms with E-state index in [4.69, 9.17) is 9.47 Å². The van der Waals surface area contributed by atoms with Gasteiger partial charge in [0.25, 0.3) is 0 Å². The Morgan fingerprint density at radius 3 is 2.14 bits per heavy atom. The van der Waals surface area contributed by atoms with E-state index in [1.165, 1.54) is 12.7 Å². The molecule has 0 aliphatic carbocycles. The van der Waals surface area contributed by atoms with Crippen molar-refractivity contribution in [3.05, 3.63) is 70.9 Å². The number of nitrogens with one attached hydrogen (secondary N) is 2. The van der Waals surface area contributed by atoms with E-state index in [2.05, 4.69) is 36.6 Å². The van der Waals surface area contributed by atoms with Crippen LogP contribution in [0.5, 0.6) is 11.5 Å². The van der Waals surface area contributed by atoms with Crippen LogP contribution in [0.2, 0.25) is 0 Å². The third-order valence-electron chi connectivity index (χ3n) is 4.91. The molecule has 152 valence electrons. The van der Waals surface area contributed by atoms with Gasteiger partial charge in [-0.1, -0.05) is 45.0 Å². The molecule has 1 aliphatic heterocycles. The number of urea groups is 1. The zero-order valence-corrected chi connectivity index (χ0v) is 17.1. The summed E-state index contributed by atoms with van der Waals surface area (Å²) < 4.78 is 10.8. The highest BCUT2D eigenvalue weighted by atomic mass is 16.5. The standard InChI is InChI=1S/C23H26N2O4/c1-5-19-20(22(26)28-4)21(25-23(27)24-19)16-8-12-18(13-9-16)29-17-10-6-15(7-11-17)14(2)3/h6-14,21H,5H2,1-4H3,(H2,24,25,27). The third-order valence-corrected chi connectivity index (χ3v) is 4.91. The van der Waals surface area contributed by atoms with E-state index in [0.29, 0.717) is 29.4 Å². The van der Waals surface area contributed by atoms with Crippen LogP contribution in [0.1, 0.15) is 50.3 Å². The lowest BCUT2D eigenvalue weighted by Crippen LogP contribution is -2.45. The largest absolute Gasteiger partial charge is 0.466 e. The van der Waals surface area contributed by atoms with Gasteiger partial charge in [-0.25, -0.2) is 9.59 Å². The van der Waals surface area contributed by atoms with Gasteiger partial charge in [0.1, 0.15) is 11.5 Å².